The van der Waals surface area contributed by atoms with E-state index in [-0.39, 0.29) is 23.9 Å². The number of fused-ring (bicyclic) bond motifs is 1. The lowest BCUT2D eigenvalue weighted by Gasteiger charge is -2.22. The highest BCUT2D eigenvalue weighted by Crippen LogP contribution is 2.40. The molecule has 7 nitrogen and oxygen atoms in total. The van der Waals surface area contributed by atoms with Gasteiger partial charge in [-0.3, -0.25) is 20.0 Å². The standard InChI is InChI=1S/C13H12N4O3/c1-7-12-9(6-11(18)14-13(12)16-15-7)8-4-2-3-5-10(8)17(19)20/h2-5,9H,6H2,1H3,(H2,14,15,16,18)/t9-/m1/s1. The van der Waals surface area contributed by atoms with Crippen LogP contribution in [0.5, 0.6) is 0 Å². The second-order valence-corrected chi connectivity index (χ2v) is 4.73. The van der Waals surface area contributed by atoms with E-state index in [0.29, 0.717) is 11.4 Å². The van der Waals surface area contributed by atoms with Crippen LogP contribution in [0.15, 0.2) is 24.3 Å². The quantitative estimate of drug-likeness (QED) is 0.645. The van der Waals surface area contributed by atoms with E-state index in [1.807, 2.05) is 6.92 Å². The summed E-state index contributed by atoms with van der Waals surface area (Å²) in [4.78, 5) is 22.5. The van der Waals surface area contributed by atoms with E-state index in [9.17, 15) is 14.9 Å². The van der Waals surface area contributed by atoms with Crippen molar-refractivity contribution in [3.63, 3.8) is 0 Å². The number of carbonyl (C=O) groups excluding carboxylic acids is 1. The fourth-order valence-electron chi connectivity index (χ4n) is 2.64. The van der Waals surface area contributed by atoms with E-state index in [1.54, 1.807) is 18.2 Å². The molecule has 1 aliphatic rings. The fraction of sp³-hybridized carbons (Fsp3) is 0.231. The molecule has 1 aliphatic heterocycles. The molecular weight excluding hydrogens is 260 g/mol. The monoisotopic (exact) mass is 272 g/mol. The minimum Gasteiger partial charge on any atom is -0.309 e. The van der Waals surface area contributed by atoms with Gasteiger partial charge in [-0.05, 0) is 6.92 Å². The van der Waals surface area contributed by atoms with E-state index < -0.39 is 4.92 Å². The predicted molar refractivity (Wildman–Crippen MR) is 71.5 cm³/mol. The van der Waals surface area contributed by atoms with Gasteiger partial charge in [0, 0.05) is 35.2 Å². The van der Waals surface area contributed by atoms with Gasteiger partial charge in [-0.25, -0.2) is 0 Å². The summed E-state index contributed by atoms with van der Waals surface area (Å²) >= 11 is 0. The molecule has 1 atom stereocenters. The van der Waals surface area contributed by atoms with Gasteiger partial charge in [0.25, 0.3) is 5.69 Å². The first-order valence-corrected chi connectivity index (χ1v) is 6.16. The second kappa shape index (κ2) is 4.44. The lowest BCUT2D eigenvalue weighted by molar-refractivity contribution is -0.385. The van der Waals surface area contributed by atoms with Crippen LogP contribution in [-0.4, -0.2) is 21.0 Å². The molecule has 0 unspecified atom stereocenters. The molecule has 1 aromatic heterocycles. The fourth-order valence-corrected chi connectivity index (χ4v) is 2.64. The largest absolute Gasteiger partial charge is 0.309 e. The highest BCUT2D eigenvalue weighted by molar-refractivity contribution is 5.94. The number of carbonyl (C=O) groups is 1. The molecule has 2 N–H and O–H groups in total. The molecule has 2 heterocycles. The van der Waals surface area contributed by atoms with Gasteiger partial charge in [0.15, 0.2) is 5.82 Å². The van der Waals surface area contributed by atoms with Crippen LogP contribution in [0.2, 0.25) is 0 Å². The Balaban J connectivity index is 2.18. The number of aromatic nitrogens is 2. The summed E-state index contributed by atoms with van der Waals surface area (Å²) in [5.41, 5.74) is 2.19. The summed E-state index contributed by atoms with van der Waals surface area (Å²) < 4.78 is 0. The smallest absolute Gasteiger partial charge is 0.273 e. The topological polar surface area (TPSA) is 101 Å². The number of nitro benzene ring substituents is 1. The number of benzene rings is 1. The molecule has 0 saturated carbocycles. The lowest BCUT2D eigenvalue weighted by atomic mass is 9.85. The van der Waals surface area contributed by atoms with Crippen LogP contribution in [0.3, 0.4) is 0 Å². The van der Waals surface area contributed by atoms with Gasteiger partial charge in [0.05, 0.1) is 4.92 Å². The van der Waals surface area contributed by atoms with Crippen molar-refractivity contribution in [2.75, 3.05) is 5.32 Å². The Morgan fingerprint density at radius 3 is 2.90 bits per heavy atom. The maximum absolute atomic E-state index is 11.8. The minimum absolute atomic E-state index is 0.0266. The average molecular weight is 272 g/mol. The maximum atomic E-state index is 11.8. The zero-order valence-electron chi connectivity index (χ0n) is 10.7. The van der Waals surface area contributed by atoms with E-state index in [0.717, 1.165) is 11.3 Å². The first kappa shape index (κ1) is 12.3. The molecular formula is C13H12N4O3. The SMILES string of the molecule is Cc1[nH]nc2c1[C@@H](c1ccccc1[N+](=O)[O-])CC(=O)N2. The molecule has 0 aliphatic carbocycles. The summed E-state index contributed by atoms with van der Waals surface area (Å²) in [5, 5.41) is 20.7. The number of H-pyrrole nitrogens is 1. The second-order valence-electron chi connectivity index (χ2n) is 4.73. The average Bonchev–Trinajstić information content (AvgIpc) is 2.79. The van der Waals surface area contributed by atoms with Gasteiger partial charge in [0.1, 0.15) is 0 Å². The Labute approximate surface area is 114 Å². The number of anilines is 1. The van der Waals surface area contributed by atoms with Gasteiger partial charge in [-0.15, -0.1) is 0 Å². The van der Waals surface area contributed by atoms with Crippen molar-refractivity contribution in [3.05, 3.63) is 51.2 Å². The third-order valence-corrected chi connectivity index (χ3v) is 3.50. The van der Waals surface area contributed by atoms with Crippen molar-refractivity contribution < 1.29 is 9.72 Å². The molecule has 7 heteroatoms. The zero-order valence-corrected chi connectivity index (χ0v) is 10.7. The van der Waals surface area contributed by atoms with Crippen LogP contribution in [0, 0.1) is 17.0 Å². The molecule has 1 amide bonds. The molecule has 3 rings (SSSR count). The summed E-state index contributed by atoms with van der Waals surface area (Å²) in [5.74, 6) is -0.0758. The normalized spacial score (nSPS) is 17.4. The number of amides is 1. The van der Waals surface area contributed by atoms with Crippen LogP contribution >= 0.6 is 0 Å². The van der Waals surface area contributed by atoms with Crippen LogP contribution in [-0.2, 0) is 4.79 Å². The van der Waals surface area contributed by atoms with Crippen molar-refractivity contribution in [1.82, 2.24) is 10.2 Å². The van der Waals surface area contributed by atoms with E-state index in [4.69, 9.17) is 0 Å². The molecule has 0 spiro atoms. The predicted octanol–water partition coefficient (Wildman–Crippen LogP) is 2.10. The van der Waals surface area contributed by atoms with Gasteiger partial charge < -0.3 is 5.32 Å². The lowest BCUT2D eigenvalue weighted by Crippen LogP contribution is -2.23. The van der Waals surface area contributed by atoms with E-state index in [1.165, 1.54) is 6.07 Å². The summed E-state index contributed by atoms with van der Waals surface area (Å²) in [6.07, 6.45) is 0.179. The molecule has 0 bridgehead atoms. The molecule has 0 saturated heterocycles. The number of nitro groups is 1. The minimum atomic E-state index is -0.420. The van der Waals surface area contributed by atoms with E-state index in [2.05, 4.69) is 15.5 Å². The van der Waals surface area contributed by atoms with Gasteiger partial charge in [-0.2, -0.15) is 5.10 Å². The molecule has 0 radical (unpaired) electrons. The zero-order chi connectivity index (χ0) is 14.3. The third kappa shape index (κ3) is 1.83. The van der Waals surface area contributed by atoms with E-state index >= 15 is 0 Å². The molecule has 1 aromatic carbocycles. The van der Waals surface area contributed by atoms with Crippen molar-refractivity contribution in [3.8, 4) is 0 Å². The van der Waals surface area contributed by atoms with Crippen molar-refractivity contribution in [2.24, 2.45) is 0 Å². The van der Waals surface area contributed by atoms with Gasteiger partial charge in [-0.1, -0.05) is 18.2 Å². The number of para-hydroxylation sites is 1. The summed E-state index contributed by atoms with van der Waals surface area (Å²) in [6.45, 7) is 1.84. The number of nitrogens with one attached hydrogen (secondary N) is 2. The van der Waals surface area contributed by atoms with Crippen LogP contribution in [0.1, 0.15) is 29.2 Å². The number of hydrogen-bond acceptors (Lipinski definition) is 4. The Kier molecular flexibility index (Phi) is 2.74. The number of rotatable bonds is 2. The molecule has 102 valence electrons. The molecule has 20 heavy (non-hydrogen) atoms. The Hall–Kier alpha value is -2.70. The highest BCUT2D eigenvalue weighted by atomic mass is 16.6. The Bertz CT molecular complexity index is 707. The maximum Gasteiger partial charge on any atom is 0.273 e. The van der Waals surface area contributed by atoms with Crippen molar-refractivity contribution in [1.29, 1.82) is 0 Å². The first-order valence-electron chi connectivity index (χ1n) is 6.16. The first-order chi connectivity index (χ1) is 9.58. The van der Waals surface area contributed by atoms with Crippen molar-refractivity contribution >= 4 is 17.4 Å². The third-order valence-electron chi connectivity index (χ3n) is 3.50. The van der Waals surface area contributed by atoms with Crippen molar-refractivity contribution in [2.45, 2.75) is 19.3 Å². The van der Waals surface area contributed by atoms with Gasteiger partial charge in [0.2, 0.25) is 5.91 Å². The Morgan fingerprint density at radius 1 is 1.40 bits per heavy atom. The number of nitrogens with zero attached hydrogens (tertiary/aromatic N) is 2. The number of aromatic amines is 1. The summed E-state index contributed by atoms with van der Waals surface area (Å²) in [6, 6.07) is 6.51. The van der Waals surface area contributed by atoms with Crippen LogP contribution in [0.4, 0.5) is 11.5 Å². The van der Waals surface area contributed by atoms with Crippen LogP contribution < -0.4 is 5.32 Å². The van der Waals surface area contributed by atoms with Gasteiger partial charge >= 0.3 is 0 Å². The highest BCUT2D eigenvalue weighted by Gasteiger charge is 2.33. The molecule has 2 aromatic rings. The molecule has 0 fully saturated rings. The Morgan fingerprint density at radius 2 is 2.15 bits per heavy atom. The number of aryl methyl sites for hydroxylation is 1. The number of hydrogen-bond donors (Lipinski definition) is 2. The summed E-state index contributed by atoms with van der Waals surface area (Å²) in [7, 11) is 0. The van der Waals surface area contributed by atoms with Crippen LogP contribution in [0.25, 0.3) is 0 Å².